The molecule has 1 heterocycles. The van der Waals surface area contributed by atoms with Crippen molar-refractivity contribution >= 4 is 5.97 Å². The molecule has 6 heteroatoms. The van der Waals surface area contributed by atoms with Gasteiger partial charge in [0.1, 0.15) is 6.61 Å². The lowest BCUT2D eigenvalue weighted by atomic mass is 10.0. The highest BCUT2D eigenvalue weighted by molar-refractivity contribution is 5.76. The molecule has 2 aromatic carbocycles. The van der Waals surface area contributed by atoms with Crippen molar-refractivity contribution in [3.63, 3.8) is 0 Å². The highest BCUT2D eigenvalue weighted by atomic mass is 16.6. The maximum atomic E-state index is 11.8. The van der Waals surface area contributed by atoms with Gasteiger partial charge in [-0.15, -0.1) is 0 Å². The lowest BCUT2D eigenvalue weighted by Crippen LogP contribution is -2.38. The molecule has 0 bridgehead atoms. The highest BCUT2D eigenvalue weighted by Crippen LogP contribution is 2.33. The van der Waals surface area contributed by atoms with E-state index in [2.05, 4.69) is 12.2 Å². The third-order valence-electron chi connectivity index (χ3n) is 4.60. The molecular weight excluding hydrogens is 358 g/mol. The molecule has 0 aliphatic carbocycles. The van der Waals surface area contributed by atoms with Gasteiger partial charge in [0.2, 0.25) is 6.10 Å². The zero-order chi connectivity index (χ0) is 19.9. The standard InChI is InChI=1S/C22H27NO5/c1-3-26-22(25)21-14-27-20-12-16(9-10-19(20)28-21)11-15(2)23-13-18(24)17-7-5-4-6-8-17/h4-10,12,15,18,21,23-24H,3,11,13-14H2,1-2H3/t15-,18+,21?/m1/s1. The van der Waals surface area contributed by atoms with Crippen molar-refractivity contribution in [3.05, 3.63) is 59.7 Å². The van der Waals surface area contributed by atoms with Crippen LogP contribution in [0.5, 0.6) is 11.5 Å². The van der Waals surface area contributed by atoms with E-state index in [1.54, 1.807) is 6.92 Å². The molecule has 0 saturated heterocycles. The predicted octanol–water partition coefficient (Wildman–Crippen LogP) is 2.64. The smallest absolute Gasteiger partial charge is 0.350 e. The van der Waals surface area contributed by atoms with Crippen LogP contribution in [0.3, 0.4) is 0 Å². The molecule has 28 heavy (non-hydrogen) atoms. The predicted molar refractivity (Wildman–Crippen MR) is 106 cm³/mol. The van der Waals surface area contributed by atoms with Crippen molar-refractivity contribution in [3.8, 4) is 11.5 Å². The highest BCUT2D eigenvalue weighted by Gasteiger charge is 2.28. The number of rotatable bonds is 8. The first-order valence-corrected chi connectivity index (χ1v) is 9.62. The Balaban J connectivity index is 1.52. The number of nitrogens with one attached hydrogen (secondary N) is 1. The van der Waals surface area contributed by atoms with Gasteiger partial charge in [0.05, 0.1) is 12.7 Å². The molecule has 0 radical (unpaired) electrons. The summed E-state index contributed by atoms with van der Waals surface area (Å²) in [4.78, 5) is 11.8. The molecule has 1 unspecified atom stereocenters. The number of ether oxygens (including phenoxy) is 3. The van der Waals surface area contributed by atoms with Gasteiger partial charge in [-0.25, -0.2) is 4.79 Å². The van der Waals surface area contributed by atoms with Gasteiger partial charge in [0.15, 0.2) is 11.5 Å². The molecular formula is C22H27NO5. The summed E-state index contributed by atoms with van der Waals surface area (Å²) in [6, 6.07) is 15.5. The normalized spacial score (nSPS) is 17.6. The summed E-state index contributed by atoms with van der Waals surface area (Å²) in [5.41, 5.74) is 1.99. The van der Waals surface area contributed by atoms with Crippen LogP contribution in [0.2, 0.25) is 0 Å². The Kier molecular flexibility index (Phi) is 6.90. The molecule has 0 saturated carbocycles. The van der Waals surface area contributed by atoms with Gasteiger partial charge in [-0.1, -0.05) is 36.4 Å². The van der Waals surface area contributed by atoms with Gasteiger partial charge in [-0.2, -0.15) is 0 Å². The minimum absolute atomic E-state index is 0.145. The molecule has 1 aliphatic rings. The third-order valence-corrected chi connectivity index (χ3v) is 4.60. The molecule has 3 atom stereocenters. The maximum Gasteiger partial charge on any atom is 0.350 e. The van der Waals surface area contributed by atoms with Crippen LogP contribution >= 0.6 is 0 Å². The van der Waals surface area contributed by atoms with Gasteiger partial charge >= 0.3 is 5.97 Å². The van der Waals surface area contributed by atoms with Crippen molar-refractivity contribution < 1.29 is 24.1 Å². The lowest BCUT2D eigenvalue weighted by molar-refractivity contribution is -0.153. The van der Waals surface area contributed by atoms with E-state index in [1.807, 2.05) is 48.5 Å². The van der Waals surface area contributed by atoms with E-state index in [0.717, 1.165) is 17.5 Å². The molecule has 0 aromatic heterocycles. The molecule has 2 aromatic rings. The number of carbonyl (C=O) groups is 1. The summed E-state index contributed by atoms with van der Waals surface area (Å²) in [7, 11) is 0. The first kappa shape index (κ1) is 20.2. The fourth-order valence-electron chi connectivity index (χ4n) is 3.13. The molecule has 3 rings (SSSR count). The van der Waals surface area contributed by atoms with Gasteiger partial charge in [0, 0.05) is 12.6 Å². The number of benzene rings is 2. The summed E-state index contributed by atoms with van der Waals surface area (Å²) in [6.07, 6.45) is -0.485. The zero-order valence-electron chi connectivity index (χ0n) is 16.3. The number of hydrogen-bond acceptors (Lipinski definition) is 6. The maximum absolute atomic E-state index is 11.8. The Morgan fingerprint density at radius 1 is 1.25 bits per heavy atom. The summed E-state index contributed by atoms with van der Waals surface area (Å²) in [5, 5.41) is 13.6. The van der Waals surface area contributed by atoms with Crippen LogP contribution in [0.15, 0.2) is 48.5 Å². The fraction of sp³-hybridized carbons (Fsp3) is 0.409. The Hall–Kier alpha value is -2.57. The SMILES string of the molecule is CCOC(=O)C1COc2cc(C[C@@H](C)NC[C@H](O)c3ccccc3)ccc2O1. The molecule has 0 amide bonds. The van der Waals surface area contributed by atoms with Crippen LogP contribution in [-0.4, -0.2) is 43.0 Å². The topological polar surface area (TPSA) is 77.0 Å². The van der Waals surface area contributed by atoms with Crippen LogP contribution in [-0.2, 0) is 16.0 Å². The number of hydrogen-bond donors (Lipinski definition) is 2. The van der Waals surface area contributed by atoms with Crippen LogP contribution in [0.25, 0.3) is 0 Å². The van der Waals surface area contributed by atoms with Gasteiger partial charge in [0.25, 0.3) is 0 Å². The lowest BCUT2D eigenvalue weighted by Gasteiger charge is -2.25. The van der Waals surface area contributed by atoms with E-state index in [0.29, 0.717) is 24.7 Å². The number of fused-ring (bicyclic) bond motifs is 1. The van der Waals surface area contributed by atoms with E-state index in [4.69, 9.17) is 14.2 Å². The number of carbonyl (C=O) groups excluding carboxylic acids is 1. The summed E-state index contributed by atoms with van der Waals surface area (Å²) >= 11 is 0. The average Bonchev–Trinajstić information content (AvgIpc) is 2.72. The minimum Gasteiger partial charge on any atom is -0.485 e. The Bertz CT molecular complexity index is 780. The first-order chi connectivity index (χ1) is 13.6. The molecule has 0 fully saturated rings. The number of esters is 1. The van der Waals surface area contributed by atoms with Gasteiger partial charge < -0.3 is 24.6 Å². The zero-order valence-corrected chi connectivity index (χ0v) is 16.3. The molecule has 1 aliphatic heterocycles. The summed E-state index contributed by atoms with van der Waals surface area (Å²) in [6.45, 7) is 4.78. The van der Waals surface area contributed by atoms with E-state index < -0.39 is 18.2 Å². The van der Waals surface area contributed by atoms with Crippen molar-refractivity contribution in [1.29, 1.82) is 0 Å². The molecule has 0 spiro atoms. The Morgan fingerprint density at radius 2 is 2.04 bits per heavy atom. The fourth-order valence-corrected chi connectivity index (χ4v) is 3.13. The first-order valence-electron chi connectivity index (χ1n) is 9.62. The number of aliphatic hydroxyl groups excluding tert-OH is 1. The molecule has 6 nitrogen and oxygen atoms in total. The largest absolute Gasteiger partial charge is 0.485 e. The van der Waals surface area contributed by atoms with Crippen LogP contribution < -0.4 is 14.8 Å². The minimum atomic E-state index is -0.724. The molecule has 150 valence electrons. The quantitative estimate of drug-likeness (QED) is 0.681. The summed E-state index contributed by atoms with van der Waals surface area (Å²) in [5.74, 6) is 0.773. The van der Waals surface area contributed by atoms with Crippen LogP contribution in [0, 0.1) is 0 Å². The van der Waals surface area contributed by atoms with Crippen molar-refractivity contribution in [2.24, 2.45) is 0 Å². The molecule has 2 N–H and O–H groups in total. The van der Waals surface area contributed by atoms with E-state index in [1.165, 1.54) is 0 Å². The summed E-state index contributed by atoms with van der Waals surface area (Å²) < 4.78 is 16.4. The van der Waals surface area contributed by atoms with E-state index in [-0.39, 0.29) is 12.6 Å². The van der Waals surface area contributed by atoms with Crippen LogP contribution in [0.4, 0.5) is 0 Å². The van der Waals surface area contributed by atoms with Gasteiger partial charge in [-0.3, -0.25) is 0 Å². The van der Waals surface area contributed by atoms with Crippen LogP contribution in [0.1, 0.15) is 31.1 Å². The van der Waals surface area contributed by atoms with Crippen molar-refractivity contribution in [2.45, 2.75) is 38.5 Å². The van der Waals surface area contributed by atoms with E-state index >= 15 is 0 Å². The van der Waals surface area contributed by atoms with Crippen molar-refractivity contribution in [1.82, 2.24) is 5.32 Å². The second-order valence-electron chi connectivity index (χ2n) is 6.89. The Labute approximate surface area is 165 Å². The average molecular weight is 385 g/mol. The second kappa shape index (κ2) is 9.57. The second-order valence-corrected chi connectivity index (χ2v) is 6.89. The van der Waals surface area contributed by atoms with Gasteiger partial charge in [-0.05, 0) is 43.5 Å². The number of aliphatic hydroxyl groups is 1. The Morgan fingerprint density at radius 3 is 2.79 bits per heavy atom. The monoisotopic (exact) mass is 385 g/mol. The third kappa shape index (κ3) is 5.24. The van der Waals surface area contributed by atoms with Crippen molar-refractivity contribution in [2.75, 3.05) is 19.8 Å². The van der Waals surface area contributed by atoms with E-state index in [9.17, 15) is 9.90 Å².